The van der Waals surface area contributed by atoms with Gasteiger partial charge in [0, 0.05) is 18.2 Å². The zero-order chi connectivity index (χ0) is 9.14. The lowest BCUT2D eigenvalue weighted by molar-refractivity contribution is 0.570. The van der Waals surface area contributed by atoms with Crippen LogP contribution in [-0.4, -0.2) is 0 Å². The van der Waals surface area contributed by atoms with Gasteiger partial charge in [0.15, 0.2) is 0 Å². The van der Waals surface area contributed by atoms with Crippen molar-refractivity contribution in [3.8, 4) is 6.07 Å². The van der Waals surface area contributed by atoms with Crippen molar-refractivity contribution in [3.05, 3.63) is 34.9 Å². The molecular weight excluding hydrogens is 198 g/mol. The second kappa shape index (κ2) is 4.75. The Labute approximate surface area is 80.4 Å². The predicted molar refractivity (Wildman–Crippen MR) is 46.2 cm³/mol. The van der Waals surface area contributed by atoms with E-state index in [9.17, 15) is 8.78 Å². The molecule has 1 rings (SSSR count). The summed E-state index contributed by atoms with van der Waals surface area (Å²) in [7, 11) is 0. The van der Waals surface area contributed by atoms with Crippen LogP contribution >= 0.6 is 12.4 Å². The van der Waals surface area contributed by atoms with Crippen molar-refractivity contribution in [1.29, 1.82) is 5.26 Å². The summed E-state index contributed by atoms with van der Waals surface area (Å²) >= 11 is 0. The molecule has 0 aliphatic carbocycles. The van der Waals surface area contributed by atoms with Crippen LogP contribution in [0.15, 0.2) is 12.1 Å². The maximum atomic E-state index is 12.7. The quantitative estimate of drug-likeness (QED) is 0.757. The van der Waals surface area contributed by atoms with Gasteiger partial charge in [0.1, 0.15) is 17.7 Å². The van der Waals surface area contributed by atoms with Crippen molar-refractivity contribution in [2.24, 2.45) is 5.73 Å². The highest BCUT2D eigenvalue weighted by Crippen LogP contribution is 2.13. The number of nitriles is 1. The molecule has 0 spiro atoms. The van der Waals surface area contributed by atoms with E-state index in [1.165, 1.54) is 0 Å². The summed E-state index contributed by atoms with van der Waals surface area (Å²) in [4.78, 5) is 0. The molecule has 0 heterocycles. The highest BCUT2D eigenvalue weighted by molar-refractivity contribution is 5.85. The Balaban J connectivity index is 0.00000144. The van der Waals surface area contributed by atoms with Gasteiger partial charge in [-0.25, -0.2) is 8.78 Å². The number of rotatable bonds is 1. The van der Waals surface area contributed by atoms with Crippen LogP contribution in [0.1, 0.15) is 11.1 Å². The molecule has 70 valence electrons. The van der Waals surface area contributed by atoms with Crippen LogP contribution in [0, 0.1) is 23.0 Å². The van der Waals surface area contributed by atoms with Crippen molar-refractivity contribution in [3.63, 3.8) is 0 Å². The zero-order valence-electron chi connectivity index (χ0n) is 6.55. The molecule has 0 saturated carbocycles. The first-order valence-corrected chi connectivity index (χ1v) is 3.27. The lowest BCUT2D eigenvalue weighted by Gasteiger charge is -2.00. The van der Waals surface area contributed by atoms with Crippen molar-refractivity contribution >= 4 is 12.4 Å². The van der Waals surface area contributed by atoms with E-state index in [0.717, 1.165) is 6.07 Å². The van der Waals surface area contributed by atoms with Gasteiger partial charge in [-0.1, -0.05) is 0 Å². The third-order valence-electron chi connectivity index (χ3n) is 1.48. The van der Waals surface area contributed by atoms with Gasteiger partial charge < -0.3 is 5.73 Å². The highest BCUT2D eigenvalue weighted by Gasteiger charge is 2.07. The second-order valence-corrected chi connectivity index (χ2v) is 2.24. The molecule has 0 bridgehead atoms. The van der Waals surface area contributed by atoms with Gasteiger partial charge in [0.2, 0.25) is 0 Å². The van der Waals surface area contributed by atoms with Crippen LogP contribution in [0.25, 0.3) is 0 Å². The average Bonchev–Trinajstić information content (AvgIpc) is 2.05. The lowest BCUT2D eigenvalue weighted by atomic mass is 10.1. The predicted octanol–water partition coefficient (Wildman–Crippen LogP) is 1.72. The number of hydrogen-bond donors (Lipinski definition) is 1. The van der Waals surface area contributed by atoms with Gasteiger partial charge in [-0.15, -0.1) is 12.4 Å². The minimum absolute atomic E-state index is 0. The van der Waals surface area contributed by atoms with Gasteiger partial charge in [-0.05, 0) is 6.07 Å². The Morgan fingerprint density at radius 1 is 1.31 bits per heavy atom. The van der Waals surface area contributed by atoms with Crippen molar-refractivity contribution in [2.45, 2.75) is 6.54 Å². The van der Waals surface area contributed by atoms with Gasteiger partial charge >= 0.3 is 0 Å². The molecular formula is C8H7ClF2N2. The minimum Gasteiger partial charge on any atom is -0.326 e. The molecule has 0 aliphatic heterocycles. The smallest absolute Gasteiger partial charge is 0.143 e. The molecule has 0 amide bonds. The fraction of sp³-hybridized carbons (Fsp3) is 0.125. The second-order valence-electron chi connectivity index (χ2n) is 2.24. The summed E-state index contributed by atoms with van der Waals surface area (Å²) in [6, 6.07) is 3.38. The lowest BCUT2D eigenvalue weighted by Crippen LogP contribution is -2.01. The topological polar surface area (TPSA) is 49.8 Å². The van der Waals surface area contributed by atoms with Crippen molar-refractivity contribution in [1.82, 2.24) is 0 Å². The molecule has 1 aromatic carbocycles. The Hall–Kier alpha value is -1.18. The minimum atomic E-state index is -0.854. The monoisotopic (exact) mass is 204 g/mol. The van der Waals surface area contributed by atoms with Crippen LogP contribution < -0.4 is 5.73 Å². The summed E-state index contributed by atoms with van der Waals surface area (Å²) in [6.07, 6.45) is 0. The van der Waals surface area contributed by atoms with Crippen LogP contribution in [0.4, 0.5) is 8.78 Å². The molecule has 0 radical (unpaired) electrons. The van der Waals surface area contributed by atoms with Gasteiger partial charge in [-0.3, -0.25) is 0 Å². The van der Waals surface area contributed by atoms with E-state index in [0.29, 0.717) is 6.07 Å². The number of nitrogens with zero attached hydrogens (tertiary/aromatic N) is 1. The first-order valence-electron chi connectivity index (χ1n) is 3.27. The standard InChI is InChI=1S/C8H6F2N2.ClH/c9-7-2-8(10)6(4-12)1-5(7)3-11;/h1-2H,3,11H2;1H. The summed E-state index contributed by atoms with van der Waals surface area (Å²) in [6.45, 7) is -0.0409. The summed E-state index contributed by atoms with van der Waals surface area (Å²) in [5.74, 6) is -1.57. The number of halogens is 3. The molecule has 2 N–H and O–H groups in total. The number of nitrogens with two attached hydrogens (primary N) is 1. The summed E-state index contributed by atoms with van der Waals surface area (Å²) < 4.78 is 25.4. The van der Waals surface area contributed by atoms with E-state index in [1.54, 1.807) is 6.07 Å². The normalized spacial score (nSPS) is 8.77. The molecule has 0 aliphatic rings. The Morgan fingerprint density at radius 3 is 2.38 bits per heavy atom. The van der Waals surface area contributed by atoms with E-state index in [-0.39, 0.29) is 30.1 Å². The van der Waals surface area contributed by atoms with E-state index >= 15 is 0 Å². The Bertz CT molecular complexity index is 347. The zero-order valence-corrected chi connectivity index (χ0v) is 7.37. The number of benzene rings is 1. The Kier molecular flexibility index (Phi) is 4.32. The largest absolute Gasteiger partial charge is 0.326 e. The van der Waals surface area contributed by atoms with E-state index in [2.05, 4.69) is 0 Å². The molecule has 13 heavy (non-hydrogen) atoms. The molecule has 0 fully saturated rings. The van der Waals surface area contributed by atoms with Crippen molar-refractivity contribution < 1.29 is 8.78 Å². The molecule has 0 aromatic heterocycles. The van der Waals surface area contributed by atoms with Gasteiger partial charge in [-0.2, -0.15) is 5.26 Å². The van der Waals surface area contributed by atoms with Crippen LogP contribution in [-0.2, 0) is 6.54 Å². The third-order valence-corrected chi connectivity index (χ3v) is 1.48. The Morgan fingerprint density at radius 2 is 1.92 bits per heavy atom. The molecule has 1 aromatic rings. The van der Waals surface area contributed by atoms with E-state index in [4.69, 9.17) is 11.0 Å². The van der Waals surface area contributed by atoms with Gasteiger partial charge in [0.05, 0.1) is 5.56 Å². The van der Waals surface area contributed by atoms with Gasteiger partial charge in [0.25, 0.3) is 0 Å². The highest BCUT2D eigenvalue weighted by atomic mass is 35.5. The van der Waals surface area contributed by atoms with Crippen LogP contribution in [0.3, 0.4) is 0 Å². The van der Waals surface area contributed by atoms with Crippen molar-refractivity contribution in [2.75, 3.05) is 0 Å². The van der Waals surface area contributed by atoms with E-state index in [1.807, 2.05) is 0 Å². The summed E-state index contributed by atoms with van der Waals surface area (Å²) in [5.41, 5.74) is 5.12. The maximum Gasteiger partial charge on any atom is 0.143 e. The van der Waals surface area contributed by atoms with E-state index < -0.39 is 11.6 Å². The average molecular weight is 205 g/mol. The molecule has 0 atom stereocenters. The fourth-order valence-electron chi connectivity index (χ4n) is 0.836. The fourth-order valence-corrected chi connectivity index (χ4v) is 0.836. The molecule has 0 saturated heterocycles. The first kappa shape index (κ1) is 11.8. The molecule has 2 nitrogen and oxygen atoms in total. The maximum absolute atomic E-state index is 12.7. The molecule has 5 heteroatoms. The summed E-state index contributed by atoms with van der Waals surface area (Å²) in [5, 5.41) is 8.38. The first-order chi connectivity index (χ1) is 5.69. The van der Waals surface area contributed by atoms with Crippen LogP contribution in [0.5, 0.6) is 0 Å². The number of hydrogen-bond acceptors (Lipinski definition) is 2. The SMILES string of the molecule is Cl.N#Cc1cc(CN)c(F)cc1F. The van der Waals surface area contributed by atoms with Crippen LogP contribution in [0.2, 0.25) is 0 Å². The third kappa shape index (κ3) is 2.38. The molecule has 0 unspecified atom stereocenters.